The predicted octanol–water partition coefficient (Wildman–Crippen LogP) is 1.50. The summed E-state index contributed by atoms with van der Waals surface area (Å²) in [4.78, 5) is 4.25. The van der Waals surface area contributed by atoms with Crippen molar-refractivity contribution in [2.24, 2.45) is 17.6 Å². The summed E-state index contributed by atoms with van der Waals surface area (Å²) < 4.78 is 7.68. The molecule has 0 spiro atoms. The molecule has 4 unspecified atom stereocenters. The number of rotatable bonds is 3. The van der Waals surface area contributed by atoms with E-state index in [-0.39, 0.29) is 6.04 Å². The second-order valence-corrected chi connectivity index (χ2v) is 5.16. The van der Waals surface area contributed by atoms with E-state index in [2.05, 4.69) is 16.5 Å². The molecule has 1 aliphatic carbocycles. The van der Waals surface area contributed by atoms with Gasteiger partial charge in [0.05, 0.1) is 24.7 Å². The van der Waals surface area contributed by atoms with Gasteiger partial charge >= 0.3 is 0 Å². The predicted molar refractivity (Wildman–Crippen MR) is 60.9 cm³/mol. The quantitative estimate of drug-likeness (QED) is 0.841. The summed E-state index contributed by atoms with van der Waals surface area (Å²) in [6, 6.07) is 0.712. The maximum atomic E-state index is 6.32. The number of hydrogen-bond donors (Lipinski definition) is 1. The maximum absolute atomic E-state index is 6.32. The SMILES string of the molecule is CC1CC1n1cncc1C(N)C1CCOC1. The van der Waals surface area contributed by atoms with Crippen LogP contribution in [0.1, 0.15) is 37.5 Å². The molecule has 2 fully saturated rings. The highest BCUT2D eigenvalue weighted by Crippen LogP contribution is 2.44. The Morgan fingerprint density at radius 3 is 3.06 bits per heavy atom. The van der Waals surface area contributed by atoms with E-state index >= 15 is 0 Å². The summed E-state index contributed by atoms with van der Waals surface area (Å²) in [5, 5.41) is 0. The zero-order chi connectivity index (χ0) is 11.1. The van der Waals surface area contributed by atoms with Crippen LogP contribution < -0.4 is 5.73 Å². The van der Waals surface area contributed by atoms with E-state index in [1.165, 1.54) is 12.1 Å². The highest BCUT2D eigenvalue weighted by atomic mass is 16.5. The highest BCUT2D eigenvalue weighted by molar-refractivity contribution is 5.11. The molecule has 2 heterocycles. The van der Waals surface area contributed by atoms with Crippen molar-refractivity contribution in [1.82, 2.24) is 9.55 Å². The molecule has 3 rings (SSSR count). The average molecular weight is 221 g/mol. The lowest BCUT2D eigenvalue weighted by Gasteiger charge is -2.19. The van der Waals surface area contributed by atoms with Crippen LogP contribution in [0, 0.1) is 11.8 Å². The highest BCUT2D eigenvalue weighted by Gasteiger charge is 2.37. The molecule has 0 aromatic carbocycles. The molecule has 4 atom stereocenters. The summed E-state index contributed by atoms with van der Waals surface area (Å²) in [6.45, 7) is 3.93. The van der Waals surface area contributed by atoms with Crippen molar-refractivity contribution in [2.45, 2.75) is 31.8 Å². The Labute approximate surface area is 95.8 Å². The fraction of sp³-hybridized carbons (Fsp3) is 0.750. The van der Waals surface area contributed by atoms with Gasteiger partial charge in [0.15, 0.2) is 0 Å². The Bertz CT molecular complexity index is 370. The van der Waals surface area contributed by atoms with Crippen LogP contribution in [0.15, 0.2) is 12.5 Å². The lowest BCUT2D eigenvalue weighted by molar-refractivity contribution is 0.180. The van der Waals surface area contributed by atoms with Crippen molar-refractivity contribution < 1.29 is 4.74 Å². The molecule has 1 aliphatic heterocycles. The first-order chi connectivity index (χ1) is 7.77. The standard InChI is InChI=1S/C12H19N3O/c1-8-4-10(8)15-7-14-5-11(15)12(13)9-2-3-16-6-9/h5,7-10,12H,2-4,6,13H2,1H3. The number of nitrogens with two attached hydrogens (primary N) is 1. The van der Waals surface area contributed by atoms with Crippen LogP contribution in [-0.4, -0.2) is 22.8 Å². The Morgan fingerprint density at radius 1 is 1.62 bits per heavy atom. The molecule has 1 aromatic rings. The fourth-order valence-electron chi connectivity index (χ4n) is 2.62. The molecule has 1 saturated carbocycles. The largest absolute Gasteiger partial charge is 0.381 e. The molecule has 2 N–H and O–H groups in total. The molecule has 0 amide bonds. The van der Waals surface area contributed by atoms with Gasteiger partial charge in [-0.15, -0.1) is 0 Å². The lowest BCUT2D eigenvalue weighted by Crippen LogP contribution is -2.24. The Balaban J connectivity index is 1.80. The van der Waals surface area contributed by atoms with E-state index in [1.54, 1.807) is 0 Å². The van der Waals surface area contributed by atoms with E-state index in [4.69, 9.17) is 10.5 Å². The van der Waals surface area contributed by atoms with Crippen molar-refractivity contribution in [1.29, 1.82) is 0 Å². The first-order valence-corrected chi connectivity index (χ1v) is 6.12. The monoisotopic (exact) mass is 221 g/mol. The normalized spacial score (nSPS) is 35.2. The number of hydrogen-bond acceptors (Lipinski definition) is 3. The maximum Gasteiger partial charge on any atom is 0.0951 e. The van der Waals surface area contributed by atoms with Gasteiger partial charge in [-0.3, -0.25) is 0 Å². The molecular formula is C12H19N3O. The number of aromatic nitrogens is 2. The average Bonchev–Trinajstić information content (AvgIpc) is 2.84. The minimum atomic E-state index is 0.0813. The van der Waals surface area contributed by atoms with Crippen molar-refractivity contribution in [3.05, 3.63) is 18.2 Å². The Morgan fingerprint density at radius 2 is 2.44 bits per heavy atom. The molecule has 0 bridgehead atoms. The topological polar surface area (TPSA) is 53.1 Å². The molecule has 0 radical (unpaired) electrons. The lowest BCUT2D eigenvalue weighted by atomic mass is 9.97. The minimum absolute atomic E-state index is 0.0813. The second-order valence-electron chi connectivity index (χ2n) is 5.16. The van der Waals surface area contributed by atoms with Gasteiger partial charge in [0.1, 0.15) is 0 Å². The van der Waals surface area contributed by atoms with E-state index in [0.29, 0.717) is 12.0 Å². The van der Waals surface area contributed by atoms with Gasteiger partial charge in [0.25, 0.3) is 0 Å². The van der Waals surface area contributed by atoms with Crippen LogP contribution in [0.25, 0.3) is 0 Å². The minimum Gasteiger partial charge on any atom is -0.381 e. The number of nitrogens with zero attached hydrogens (tertiary/aromatic N) is 2. The summed E-state index contributed by atoms with van der Waals surface area (Å²) in [7, 11) is 0. The van der Waals surface area contributed by atoms with Gasteiger partial charge in [-0.2, -0.15) is 0 Å². The third kappa shape index (κ3) is 1.66. The van der Waals surface area contributed by atoms with E-state index in [9.17, 15) is 0 Å². The van der Waals surface area contributed by atoms with E-state index < -0.39 is 0 Å². The number of imidazole rings is 1. The zero-order valence-electron chi connectivity index (χ0n) is 9.67. The van der Waals surface area contributed by atoms with Crippen LogP contribution in [0.2, 0.25) is 0 Å². The first kappa shape index (κ1) is 10.3. The molecule has 2 aliphatic rings. The molecule has 1 saturated heterocycles. The summed E-state index contributed by atoms with van der Waals surface area (Å²) in [6.07, 6.45) is 6.19. The van der Waals surface area contributed by atoms with Crippen molar-refractivity contribution in [3.63, 3.8) is 0 Å². The van der Waals surface area contributed by atoms with Crippen molar-refractivity contribution >= 4 is 0 Å². The van der Waals surface area contributed by atoms with Crippen molar-refractivity contribution in [2.75, 3.05) is 13.2 Å². The smallest absolute Gasteiger partial charge is 0.0951 e. The summed E-state index contributed by atoms with van der Waals surface area (Å²) in [5.74, 6) is 1.24. The van der Waals surface area contributed by atoms with Crippen LogP contribution in [0.3, 0.4) is 0 Å². The van der Waals surface area contributed by atoms with Crippen LogP contribution >= 0.6 is 0 Å². The summed E-state index contributed by atoms with van der Waals surface area (Å²) >= 11 is 0. The van der Waals surface area contributed by atoms with Gasteiger partial charge in [0, 0.05) is 24.8 Å². The third-order valence-electron chi connectivity index (χ3n) is 3.93. The van der Waals surface area contributed by atoms with Gasteiger partial charge in [-0.05, 0) is 18.8 Å². The van der Waals surface area contributed by atoms with E-state index in [0.717, 1.165) is 25.6 Å². The van der Waals surface area contributed by atoms with Gasteiger partial charge in [-0.1, -0.05) is 6.92 Å². The molecule has 16 heavy (non-hydrogen) atoms. The molecule has 4 nitrogen and oxygen atoms in total. The first-order valence-electron chi connectivity index (χ1n) is 6.12. The van der Waals surface area contributed by atoms with Crippen LogP contribution in [0.4, 0.5) is 0 Å². The fourth-order valence-corrected chi connectivity index (χ4v) is 2.62. The molecular weight excluding hydrogens is 202 g/mol. The number of ether oxygens (including phenoxy) is 1. The van der Waals surface area contributed by atoms with Gasteiger partial charge < -0.3 is 15.0 Å². The van der Waals surface area contributed by atoms with E-state index in [1.807, 2.05) is 12.5 Å². The molecule has 88 valence electrons. The Kier molecular flexibility index (Phi) is 2.48. The zero-order valence-corrected chi connectivity index (χ0v) is 9.67. The van der Waals surface area contributed by atoms with Gasteiger partial charge in [-0.25, -0.2) is 4.98 Å². The molecule has 4 heteroatoms. The van der Waals surface area contributed by atoms with Crippen molar-refractivity contribution in [3.8, 4) is 0 Å². The second kappa shape index (κ2) is 3.86. The Hall–Kier alpha value is -0.870. The molecule has 1 aromatic heterocycles. The van der Waals surface area contributed by atoms with Gasteiger partial charge in [0.2, 0.25) is 0 Å². The third-order valence-corrected chi connectivity index (χ3v) is 3.93. The van der Waals surface area contributed by atoms with Crippen LogP contribution in [0.5, 0.6) is 0 Å². The summed E-state index contributed by atoms with van der Waals surface area (Å²) in [5.41, 5.74) is 7.50. The van der Waals surface area contributed by atoms with Crippen LogP contribution in [-0.2, 0) is 4.74 Å².